The molecule has 0 atom stereocenters. The van der Waals surface area contributed by atoms with Gasteiger partial charge in [0, 0.05) is 25.2 Å². The maximum absolute atomic E-state index is 13.0. The molecule has 0 fully saturated rings. The molecule has 0 aliphatic rings. The van der Waals surface area contributed by atoms with E-state index in [9.17, 15) is 9.59 Å². The molecule has 1 aromatic heterocycles. The van der Waals surface area contributed by atoms with Crippen molar-refractivity contribution in [3.05, 3.63) is 45.3 Å². The predicted molar refractivity (Wildman–Crippen MR) is 180 cm³/mol. The quantitative estimate of drug-likeness (QED) is 0.120. The fraction of sp³-hybridized carbons (Fsp3) is 0.606. The second-order valence-electron chi connectivity index (χ2n) is 11.9. The van der Waals surface area contributed by atoms with Crippen molar-refractivity contribution in [3.63, 3.8) is 0 Å². The molecule has 0 radical (unpaired) electrons. The lowest BCUT2D eigenvalue weighted by Crippen LogP contribution is -2.30. The first-order chi connectivity index (χ1) is 19.8. The molecule has 0 saturated carbocycles. The number of nitrogens with zero attached hydrogens (tertiary/aromatic N) is 1. The van der Waals surface area contributed by atoms with Crippen LogP contribution in [-0.2, 0) is 15.6 Å². The molecule has 2 rings (SSSR count). The summed E-state index contributed by atoms with van der Waals surface area (Å²) in [6.07, 6.45) is 3.82. The number of anilines is 1. The molecular formula is C33H51N3O4S2. The molecule has 42 heavy (non-hydrogen) atoms. The Morgan fingerprint density at radius 1 is 1.00 bits per heavy atom. The number of methoxy groups -OCH3 is 1. The largest absolute Gasteiger partial charge is 0.493 e. The van der Waals surface area contributed by atoms with Gasteiger partial charge < -0.3 is 25.0 Å². The predicted octanol–water partition coefficient (Wildman–Crippen LogP) is 7.85. The Morgan fingerprint density at radius 3 is 2.21 bits per heavy atom. The van der Waals surface area contributed by atoms with Crippen molar-refractivity contribution >= 4 is 45.5 Å². The van der Waals surface area contributed by atoms with E-state index in [1.165, 1.54) is 29.6 Å². The van der Waals surface area contributed by atoms with Crippen molar-refractivity contribution in [2.24, 2.45) is 0 Å². The first-order valence-electron chi connectivity index (χ1n) is 15.1. The standard InChI is InChI=1S/C33H51N3O4S2/c1-11-32(6,7)23-17-18-25(24(21-23)33(8,9)12-2)40-20-16-15-19-34-31(41)35-28-26(30(38)39-10)22(5)27(42-28)29(37)36(13-3)14-4/h17-18,21H,11-16,19-20H2,1-10H3,(H2,34,35,41). The molecular weight excluding hydrogens is 567 g/mol. The smallest absolute Gasteiger partial charge is 0.341 e. The number of unbranched alkanes of at least 4 members (excludes halogenated alkanes) is 1. The topological polar surface area (TPSA) is 79.9 Å². The van der Waals surface area contributed by atoms with E-state index in [-0.39, 0.29) is 16.7 Å². The Balaban J connectivity index is 1.99. The summed E-state index contributed by atoms with van der Waals surface area (Å²) in [7, 11) is 1.33. The van der Waals surface area contributed by atoms with Crippen LogP contribution in [0.1, 0.15) is 118 Å². The van der Waals surface area contributed by atoms with E-state index in [0.29, 0.717) is 52.4 Å². The van der Waals surface area contributed by atoms with E-state index in [0.717, 1.165) is 31.4 Å². The Bertz CT molecular complexity index is 1230. The fourth-order valence-electron chi connectivity index (χ4n) is 4.57. The van der Waals surface area contributed by atoms with Gasteiger partial charge in [-0.05, 0) is 86.7 Å². The van der Waals surface area contributed by atoms with Crippen LogP contribution in [0.5, 0.6) is 5.75 Å². The molecule has 1 heterocycles. The third kappa shape index (κ3) is 8.69. The normalized spacial score (nSPS) is 11.7. The van der Waals surface area contributed by atoms with Crippen LogP contribution in [0, 0.1) is 6.92 Å². The minimum atomic E-state index is -0.498. The highest BCUT2D eigenvalue weighted by Crippen LogP contribution is 2.38. The first-order valence-corrected chi connectivity index (χ1v) is 16.3. The average Bonchev–Trinajstić information content (AvgIpc) is 3.29. The van der Waals surface area contributed by atoms with Crippen molar-refractivity contribution in [1.29, 1.82) is 0 Å². The van der Waals surface area contributed by atoms with Gasteiger partial charge in [0.2, 0.25) is 0 Å². The van der Waals surface area contributed by atoms with Gasteiger partial charge in [-0.2, -0.15) is 0 Å². The van der Waals surface area contributed by atoms with Crippen molar-refractivity contribution in [1.82, 2.24) is 10.2 Å². The lowest BCUT2D eigenvalue weighted by Gasteiger charge is -2.30. The summed E-state index contributed by atoms with van der Waals surface area (Å²) in [5.41, 5.74) is 3.70. The Labute approximate surface area is 262 Å². The average molecular weight is 618 g/mol. The van der Waals surface area contributed by atoms with Gasteiger partial charge in [0.1, 0.15) is 10.8 Å². The molecule has 0 aliphatic carbocycles. The van der Waals surface area contributed by atoms with Crippen LogP contribution < -0.4 is 15.4 Å². The number of hydrogen-bond donors (Lipinski definition) is 2. The van der Waals surface area contributed by atoms with Crippen LogP contribution in [0.2, 0.25) is 0 Å². The van der Waals surface area contributed by atoms with E-state index in [4.69, 9.17) is 21.7 Å². The summed E-state index contributed by atoms with van der Waals surface area (Å²) >= 11 is 6.75. The zero-order chi connectivity index (χ0) is 31.7. The lowest BCUT2D eigenvalue weighted by atomic mass is 9.76. The highest BCUT2D eigenvalue weighted by Gasteiger charge is 2.28. The maximum Gasteiger partial charge on any atom is 0.341 e. The van der Waals surface area contributed by atoms with E-state index >= 15 is 0 Å². The van der Waals surface area contributed by atoms with Crippen molar-refractivity contribution in [3.8, 4) is 5.75 Å². The van der Waals surface area contributed by atoms with E-state index < -0.39 is 5.97 Å². The number of nitrogens with one attached hydrogen (secondary N) is 2. The molecule has 234 valence electrons. The van der Waals surface area contributed by atoms with Gasteiger partial charge in [0.05, 0.1) is 24.2 Å². The molecule has 7 nitrogen and oxygen atoms in total. The van der Waals surface area contributed by atoms with Gasteiger partial charge in [0.25, 0.3) is 5.91 Å². The van der Waals surface area contributed by atoms with Crippen molar-refractivity contribution in [2.45, 2.75) is 98.8 Å². The molecule has 0 saturated heterocycles. The Kier molecular flexibility index (Phi) is 13.3. The minimum Gasteiger partial charge on any atom is -0.493 e. The summed E-state index contributed by atoms with van der Waals surface area (Å²) in [6.45, 7) is 21.7. The fourth-order valence-corrected chi connectivity index (χ4v) is 6.00. The van der Waals surface area contributed by atoms with E-state index in [2.05, 4.69) is 70.4 Å². The maximum atomic E-state index is 13.0. The van der Waals surface area contributed by atoms with Gasteiger partial charge in [-0.1, -0.05) is 53.7 Å². The summed E-state index contributed by atoms with van der Waals surface area (Å²) in [6, 6.07) is 6.68. The van der Waals surface area contributed by atoms with Crippen LogP contribution >= 0.6 is 23.6 Å². The van der Waals surface area contributed by atoms with Gasteiger partial charge in [-0.15, -0.1) is 11.3 Å². The third-order valence-electron chi connectivity index (χ3n) is 8.38. The monoisotopic (exact) mass is 617 g/mol. The van der Waals surface area contributed by atoms with Crippen LogP contribution in [0.25, 0.3) is 0 Å². The second kappa shape index (κ2) is 15.7. The number of ether oxygens (including phenoxy) is 2. The molecule has 2 aromatic rings. The number of benzene rings is 1. The molecule has 0 unspecified atom stereocenters. The van der Waals surface area contributed by atoms with Crippen molar-refractivity contribution < 1.29 is 19.1 Å². The zero-order valence-corrected chi connectivity index (χ0v) is 28.9. The number of carbonyl (C=O) groups is 2. The SMILES string of the molecule is CCN(CC)C(=O)c1sc(NC(=S)NCCCCOc2ccc(C(C)(C)CC)cc2C(C)(C)CC)c(C(=O)OC)c1C. The number of carbonyl (C=O) groups excluding carboxylic acids is 2. The third-order valence-corrected chi connectivity index (χ3v) is 9.82. The zero-order valence-electron chi connectivity index (χ0n) is 27.3. The molecule has 2 N–H and O–H groups in total. The molecule has 0 aliphatic heterocycles. The summed E-state index contributed by atoms with van der Waals surface area (Å²) in [4.78, 5) is 27.8. The van der Waals surface area contributed by atoms with Crippen LogP contribution in [0.4, 0.5) is 5.00 Å². The second-order valence-corrected chi connectivity index (χ2v) is 13.3. The molecule has 9 heteroatoms. The summed E-state index contributed by atoms with van der Waals surface area (Å²) in [5.74, 6) is 0.358. The number of rotatable bonds is 15. The van der Waals surface area contributed by atoms with Crippen LogP contribution in [0.3, 0.4) is 0 Å². The van der Waals surface area contributed by atoms with Gasteiger partial charge in [-0.3, -0.25) is 4.79 Å². The molecule has 0 spiro atoms. The van der Waals surface area contributed by atoms with Crippen molar-refractivity contribution in [2.75, 3.05) is 38.7 Å². The molecule has 1 aromatic carbocycles. The van der Waals surface area contributed by atoms with Gasteiger partial charge in [0.15, 0.2) is 5.11 Å². The van der Waals surface area contributed by atoms with E-state index in [1.807, 2.05) is 13.8 Å². The van der Waals surface area contributed by atoms with E-state index in [1.54, 1.807) is 11.8 Å². The van der Waals surface area contributed by atoms with Crippen LogP contribution in [-0.4, -0.2) is 55.2 Å². The van der Waals surface area contributed by atoms with Gasteiger partial charge in [-0.25, -0.2) is 4.79 Å². The number of hydrogen-bond acceptors (Lipinski definition) is 6. The number of thiocarbonyl (C=S) groups is 1. The number of esters is 1. The highest BCUT2D eigenvalue weighted by molar-refractivity contribution is 7.80. The minimum absolute atomic E-state index is 0.0214. The Hall–Kier alpha value is -2.65. The summed E-state index contributed by atoms with van der Waals surface area (Å²) in [5, 5.41) is 7.24. The van der Waals surface area contributed by atoms with Gasteiger partial charge >= 0.3 is 5.97 Å². The lowest BCUT2D eigenvalue weighted by molar-refractivity contribution is 0.0601. The number of amides is 1. The molecule has 0 bridgehead atoms. The highest BCUT2D eigenvalue weighted by atomic mass is 32.1. The summed E-state index contributed by atoms with van der Waals surface area (Å²) < 4.78 is 11.3. The molecule has 1 amide bonds. The number of thiophene rings is 1. The van der Waals surface area contributed by atoms with Crippen LogP contribution in [0.15, 0.2) is 18.2 Å². The Morgan fingerprint density at radius 2 is 1.64 bits per heavy atom. The first kappa shape index (κ1) is 35.5.